The molecule has 1 aliphatic heterocycles. The molecule has 0 aliphatic carbocycles. The smallest absolute Gasteiger partial charge is 0.320 e. The number of amides is 1. The predicted molar refractivity (Wildman–Crippen MR) is 149 cm³/mol. The van der Waals surface area contributed by atoms with Crippen LogP contribution in [-0.4, -0.2) is 46.3 Å². The third-order valence-corrected chi connectivity index (χ3v) is 6.38. The van der Waals surface area contributed by atoms with E-state index in [1.165, 1.54) is 0 Å². The monoisotopic (exact) mass is 562 g/mol. The molecule has 0 saturated carbocycles. The highest BCUT2D eigenvalue weighted by Crippen LogP contribution is 2.26. The van der Waals surface area contributed by atoms with Crippen LogP contribution in [0.5, 0.6) is 11.5 Å². The lowest BCUT2D eigenvalue weighted by Gasteiger charge is -2.32. The van der Waals surface area contributed by atoms with Crippen LogP contribution in [0.25, 0.3) is 0 Å². The highest BCUT2D eigenvalue weighted by atomic mass is 35.5. The Labute approximate surface area is 235 Å². The molecule has 2 N–H and O–H groups in total. The average molecular weight is 563 g/mol. The second-order valence-corrected chi connectivity index (χ2v) is 9.44. The van der Waals surface area contributed by atoms with E-state index >= 15 is 0 Å². The van der Waals surface area contributed by atoms with Gasteiger partial charge in [0.2, 0.25) is 0 Å². The summed E-state index contributed by atoms with van der Waals surface area (Å²) in [7, 11) is 0. The average Bonchev–Trinajstić information content (AvgIpc) is 3.45. The molecule has 0 atom stereocenters. The van der Waals surface area contributed by atoms with Crippen LogP contribution < -0.4 is 20.3 Å². The first-order valence-electron chi connectivity index (χ1n) is 12.8. The topological polar surface area (TPSA) is 132 Å². The summed E-state index contributed by atoms with van der Waals surface area (Å²) in [6.07, 6.45) is 3.40. The summed E-state index contributed by atoms with van der Waals surface area (Å²) in [6.45, 7) is 3.25. The lowest BCUT2D eigenvalue weighted by Crippen LogP contribution is -2.38. The van der Waals surface area contributed by atoms with Gasteiger partial charge in [0.15, 0.2) is 0 Å². The van der Waals surface area contributed by atoms with Gasteiger partial charge in [0.1, 0.15) is 23.4 Å². The van der Waals surface area contributed by atoms with Gasteiger partial charge in [-0.2, -0.15) is 0 Å². The normalized spacial score (nSPS) is 13.5. The molecule has 3 heterocycles. The van der Waals surface area contributed by atoms with Crippen molar-refractivity contribution in [3.8, 4) is 11.5 Å². The van der Waals surface area contributed by atoms with Crippen LogP contribution in [-0.2, 0) is 9.53 Å². The third-order valence-electron chi connectivity index (χ3n) is 6.13. The maximum Gasteiger partial charge on any atom is 0.320 e. The number of nitrogens with zero attached hydrogens (tertiary/aromatic N) is 4. The van der Waals surface area contributed by atoms with Crippen LogP contribution in [0.3, 0.4) is 0 Å². The van der Waals surface area contributed by atoms with Crippen molar-refractivity contribution in [1.29, 1.82) is 0 Å². The molecule has 1 aliphatic rings. The summed E-state index contributed by atoms with van der Waals surface area (Å²) in [5, 5.41) is 14.0. The molecule has 1 saturated heterocycles. The summed E-state index contributed by atoms with van der Waals surface area (Å²) < 4.78 is 16.7. The van der Waals surface area contributed by atoms with E-state index in [-0.39, 0.29) is 24.0 Å². The SMILES string of the molecule is CCC(=O)OC1CCN(c2ccc(NC(=O)c3nnc(Nc4ccc(Oc5ccc(Cl)cc5)cc4)o3)cn2)CC1. The van der Waals surface area contributed by atoms with Crippen molar-refractivity contribution in [1.82, 2.24) is 15.2 Å². The summed E-state index contributed by atoms with van der Waals surface area (Å²) in [6, 6.07) is 17.8. The minimum absolute atomic E-state index is 0.0514. The number of hydrogen-bond acceptors (Lipinski definition) is 10. The van der Waals surface area contributed by atoms with E-state index in [0.717, 1.165) is 31.7 Å². The maximum absolute atomic E-state index is 12.6. The number of piperidine rings is 1. The number of esters is 1. The van der Waals surface area contributed by atoms with E-state index in [0.29, 0.717) is 34.3 Å². The fourth-order valence-corrected chi connectivity index (χ4v) is 4.16. The molecule has 12 heteroatoms. The van der Waals surface area contributed by atoms with E-state index in [9.17, 15) is 9.59 Å². The number of ether oxygens (including phenoxy) is 2. The molecular formula is C28H27ClN6O5. The minimum Gasteiger partial charge on any atom is -0.462 e. The van der Waals surface area contributed by atoms with Crippen molar-refractivity contribution in [3.05, 3.63) is 77.8 Å². The Morgan fingerprint density at radius 1 is 0.975 bits per heavy atom. The van der Waals surface area contributed by atoms with Crippen LogP contribution in [0.15, 0.2) is 71.3 Å². The maximum atomic E-state index is 12.6. The van der Waals surface area contributed by atoms with Crippen LogP contribution >= 0.6 is 11.6 Å². The Kier molecular flexibility index (Phi) is 8.41. The molecule has 0 radical (unpaired) electrons. The van der Waals surface area contributed by atoms with Crippen molar-refractivity contribution in [2.24, 2.45) is 0 Å². The summed E-state index contributed by atoms with van der Waals surface area (Å²) in [5.41, 5.74) is 1.16. The van der Waals surface area contributed by atoms with Crippen molar-refractivity contribution in [2.45, 2.75) is 32.3 Å². The number of aromatic nitrogens is 3. The highest BCUT2D eigenvalue weighted by molar-refractivity contribution is 6.30. The molecule has 5 rings (SSSR count). The van der Waals surface area contributed by atoms with Crippen LogP contribution in [0.2, 0.25) is 5.02 Å². The van der Waals surface area contributed by atoms with E-state index in [1.54, 1.807) is 67.7 Å². The molecule has 40 heavy (non-hydrogen) atoms. The molecule has 206 valence electrons. The Morgan fingerprint density at radius 3 is 2.30 bits per heavy atom. The molecule has 0 unspecified atom stereocenters. The Balaban J connectivity index is 1.11. The van der Waals surface area contributed by atoms with Gasteiger partial charge in [-0.15, -0.1) is 5.10 Å². The number of carbonyl (C=O) groups excluding carboxylic acids is 2. The van der Waals surface area contributed by atoms with Crippen molar-refractivity contribution in [2.75, 3.05) is 28.6 Å². The number of rotatable bonds is 9. The third kappa shape index (κ3) is 7.06. The second kappa shape index (κ2) is 12.5. The van der Waals surface area contributed by atoms with Gasteiger partial charge in [0.25, 0.3) is 0 Å². The van der Waals surface area contributed by atoms with Gasteiger partial charge in [0, 0.05) is 43.1 Å². The molecule has 2 aromatic heterocycles. The minimum atomic E-state index is -0.555. The summed E-state index contributed by atoms with van der Waals surface area (Å²) in [5.74, 6) is 1.17. The van der Waals surface area contributed by atoms with Gasteiger partial charge in [-0.25, -0.2) is 4.98 Å². The number of carbonyl (C=O) groups is 2. The first-order chi connectivity index (χ1) is 19.4. The molecule has 0 bridgehead atoms. The molecule has 4 aromatic rings. The first-order valence-corrected chi connectivity index (χ1v) is 13.2. The lowest BCUT2D eigenvalue weighted by molar-refractivity contribution is -0.149. The fourth-order valence-electron chi connectivity index (χ4n) is 4.04. The van der Waals surface area contributed by atoms with Gasteiger partial charge in [-0.05, 0) is 60.7 Å². The van der Waals surface area contributed by atoms with Crippen LogP contribution in [0.1, 0.15) is 36.9 Å². The van der Waals surface area contributed by atoms with Crippen LogP contribution in [0.4, 0.5) is 23.2 Å². The fraction of sp³-hybridized carbons (Fsp3) is 0.250. The first kappa shape index (κ1) is 26.9. The molecule has 11 nitrogen and oxygen atoms in total. The van der Waals surface area contributed by atoms with Gasteiger partial charge in [-0.1, -0.05) is 23.6 Å². The van der Waals surface area contributed by atoms with E-state index < -0.39 is 5.91 Å². The Bertz CT molecular complexity index is 1440. The number of benzene rings is 2. The second-order valence-electron chi connectivity index (χ2n) is 9.01. The largest absolute Gasteiger partial charge is 0.462 e. The molecule has 1 amide bonds. The number of pyridine rings is 1. The predicted octanol–water partition coefficient (Wildman–Crippen LogP) is 5.83. The molecule has 0 spiro atoms. The number of nitrogens with one attached hydrogen (secondary N) is 2. The molecule has 1 fully saturated rings. The van der Waals surface area contributed by atoms with Gasteiger partial charge < -0.3 is 29.4 Å². The van der Waals surface area contributed by atoms with Gasteiger partial charge >= 0.3 is 23.8 Å². The van der Waals surface area contributed by atoms with E-state index in [4.69, 9.17) is 25.5 Å². The standard InChI is InChI=1S/C28H27ClN6O5/c1-2-25(36)39-23-13-15-35(16-14-23)24-12-7-20(17-30-24)31-26(37)27-33-34-28(40-27)32-19-5-10-22(11-6-19)38-21-8-3-18(29)4-9-21/h3-12,17,23H,2,13-16H2,1H3,(H,31,37)(H,32,34). The number of halogens is 1. The highest BCUT2D eigenvalue weighted by Gasteiger charge is 2.23. The van der Waals surface area contributed by atoms with Gasteiger partial charge in [0.05, 0.1) is 11.9 Å². The van der Waals surface area contributed by atoms with Crippen molar-refractivity contribution >= 4 is 46.7 Å². The van der Waals surface area contributed by atoms with E-state index in [1.807, 2.05) is 6.07 Å². The van der Waals surface area contributed by atoms with Crippen LogP contribution in [0, 0.1) is 0 Å². The van der Waals surface area contributed by atoms with Crippen molar-refractivity contribution < 1.29 is 23.5 Å². The molecular weight excluding hydrogens is 536 g/mol. The Morgan fingerprint density at radius 2 is 1.65 bits per heavy atom. The van der Waals surface area contributed by atoms with E-state index in [2.05, 4.69) is 30.7 Å². The molecule has 2 aromatic carbocycles. The van der Waals surface area contributed by atoms with Crippen molar-refractivity contribution in [3.63, 3.8) is 0 Å². The van der Waals surface area contributed by atoms with Gasteiger partial charge in [-0.3, -0.25) is 9.59 Å². The zero-order valence-corrected chi connectivity index (χ0v) is 22.4. The number of hydrogen-bond donors (Lipinski definition) is 2. The Hall–Kier alpha value is -4.64. The number of anilines is 4. The summed E-state index contributed by atoms with van der Waals surface area (Å²) in [4.78, 5) is 30.7. The summed E-state index contributed by atoms with van der Waals surface area (Å²) >= 11 is 5.90. The zero-order chi connectivity index (χ0) is 27.9. The quantitative estimate of drug-likeness (QED) is 0.240. The lowest BCUT2D eigenvalue weighted by atomic mass is 10.1. The zero-order valence-electron chi connectivity index (χ0n) is 21.7.